The van der Waals surface area contributed by atoms with Crippen molar-refractivity contribution in [1.29, 1.82) is 0 Å². The molecule has 2 heterocycles. The number of hydrogen-bond donors (Lipinski definition) is 0. The summed E-state index contributed by atoms with van der Waals surface area (Å²) >= 11 is 0. The van der Waals surface area contributed by atoms with Crippen LogP contribution in [-0.4, -0.2) is 71.5 Å². The highest BCUT2D eigenvalue weighted by molar-refractivity contribution is 6.07. The Morgan fingerprint density at radius 3 is 2.38 bits per heavy atom. The lowest BCUT2D eigenvalue weighted by Crippen LogP contribution is -2.56. The van der Waals surface area contributed by atoms with Gasteiger partial charge in [-0.3, -0.25) is 19.4 Å². The summed E-state index contributed by atoms with van der Waals surface area (Å²) in [4.78, 5) is 44.8. The molecule has 0 aliphatic carbocycles. The van der Waals surface area contributed by atoms with E-state index >= 15 is 0 Å². The van der Waals surface area contributed by atoms with Crippen molar-refractivity contribution in [3.8, 4) is 5.75 Å². The number of unbranched alkanes of at least 4 members (excludes halogenated alkanes) is 1. The molecule has 8 heteroatoms. The number of benzene rings is 2. The highest BCUT2D eigenvalue weighted by atomic mass is 16.5. The van der Waals surface area contributed by atoms with Crippen molar-refractivity contribution in [3.05, 3.63) is 65.7 Å². The molecule has 2 fully saturated rings. The van der Waals surface area contributed by atoms with Crippen molar-refractivity contribution in [1.82, 2.24) is 14.7 Å². The monoisotopic (exact) mass is 507 g/mol. The summed E-state index contributed by atoms with van der Waals surface area (Å²) in [6.45, 7) is 5.10. The van der Waals surface area contributed by atoms with Gasteiger partial charge in [0.1, 0.15) is 11.3 Å². The fourth-order valence-electron chi connectivity index (χ4n) is 5.36. The minimum absolute atomic E-state index is 0.120. The summed E-state index contributed by atoms with van der Waals surface area (Å²) in [5.74, 6) is 0.344. The van der Waals surface area contributed by atoms with Gasteiger partial charge < -0.3 is 14.4 Å². The fourth-order valence-corrected chi connectivity index (χ4v) is 5.36. The lowest BCUT2D eigenvalue weighted by atomic mass is 9.85. The summed E-state index contributed by atoms with van der Waals surface area (Å²) < 4.78 is 10.4. The number of hydrogen-bond acceptors (Lipinski definition) is 6. The number of piperidine rings is 1. The number of urea groups is 1. The van der Waals surface area contributed by atoms with Crippen LogP contribution in [0.3, 0.4) is 0 Å². The van der Waals surface area contributed by atoms with Crippen LogP contribution in [-0.2, 0) is 27.4 Å². The lowest BCUT2D eigenvalue weighted by molar-refractivity contribution is -0.143. The Balaban J connectivity index is 1.48. The molecule has 2 aliphatic rings. The minimum Gasteiger partial charge on any atom is -0.497 e. The topological polar surface area (TPSA) is 79.4 Å². The van der Waals surface area contributed by atoms with Crippen LogP contribution in [0.1, 0.15) is 50.2 Å². The van der Waals surface area contributed by atoms with E-state index in [4.69, 9.17) is 9.47 Å². The highest BCUT2D eigenvalue weighted by Crippen LogP contribution is 2.38. The SMILES string of the molecule is CCOC(=O)CCCCN1C(=O)N(Cc2cccc(OC)c2)C(=O)C12CCN(Cc1ccccc1)CC2. The molecule has 0 unspecified atom stereocenters. The average Bonchev–Trinajstić information content (AvgIpc) is 3.10. The van der Waals surface area contributed by atoms with Crippen molar-refractivity contribution < 1.29 is 23.9 Å². The summed E-state index contributed by atoms with van der Waals surface area (Å²) in [7, 11) is 1.60. The number of nitrogens with zero attached hydrogens (tertiary/aromatic N) is 3. The van der Waals surface area contributed by atoms with Gasteiger partial charge in [-0.15, -0.1) is 0 Å². The van der Waals surface area contributed by atoms with E-state index in [1.165, 1.54) is 10.5 Å². The van der Waals surface area contributed by atoms with Crippen LogP contribution in [0.2, 0.25) is 0 Å². The first kappa shape index (κ1) is 26.7. The van der Waals surface area contributed by atoms with Crippen LogP contribution < -0.4 is 4.74 Å². The first-order valence-electron chi connectivity index (χ1n) is 13.2. The highest BCUT2D eigenvalue weighted by Gasteiger charge is 2.57. The zero-order valence-electron chi connectivity index (χ0n) is 21.9. The number of esters is 1. The molecule has 0 saturated carbocycles. The van der Waals surface area contributed by atoms with E-state index in [9.17, 15) is 14.4 Å². The first-order valence-corrected chi connectivity index (χ1v) is 13.2. The van der Waals surface area contributed by atoms with Gasteiger partial charge in [0.25, 0.3) is 5.91 Å². The quantitative estimate of drug-likeness (QED) is 0.257. The number of amides is 3. The third kappa shape index (κ3) is 6.13. The van der Waals surface area contributed by atoms with E-state index in [-0.39, 0.29) is 24.5 Å². The maximum absolute atomic E-state index is 13.9. The van der Waals surface area contributed by atoms with Gasteiger partial charge in [0.05, 0.1) is 20.3 Å². The van der Waals surface area contributed by atoms with E-state index in [1.54, 1.807) is 18.9 Å². The number of carbonyl (C=O) groups is 3. The molecule has 2 aliphatic heterocycles. The van der Waals surface area contributed by atoms with Gasteiger partial charge in [-0.2, -0.15) is 0 Å². The summed E-state index contributed by atoms with van der Waals surface area (Å²) in [6.07, 6.45) is 2.76. The number of imide groups is 1. The molecule has 1 spiro atoms. The predicted octanol–water partition coefficient (Wildman–Crippen LogP) is 4.23. The smallest absolute Gasteiger partial charge is 0.327 e. The Hall–Kier alpha value is -3.39. The van der Waals surface area contributed by atoms with Crippen molar-refractivity contribution in [2.24, 2.45) is 0 Å². The molecule has 2 aromatic carbocycles. The van der Waals surface area contributed by atoms with E-state index in [0.29, 0.717) is 51.0 Å². The standard InChI is InChI=1S/C29H37N3O5/c1-3-37-26(33)14-7-8-17-32-28(35)31(22-24-12-9-13-25(20-24)36-2)27(34)29(32)15-18-30(19-16-29)21-23-10-5-4-6-11-23/h4-6,9-13,20H,3,7-8,14-19,21-22H2,1-2H3. The molecule has 0 bridgehead atoms. The summed E-state index contributed by atoms with van der Waals surface area (Å²) in [5.41, 5.74) is 1.25. The number of ether oxygens (including phenoxy) is 2. The van der Waals surface area contributed by atoms with Gasteiger partial charge in [0.15, 0.2) is 0 Å². The molecule has 4 rings (SSSR count). The predicted molar refractivity (Wildman–Crippen MR) is 140 cm³/mol. The van der Waals surface area contributed by atoms with Crippen molar-refractivity contribution in [2.75, 3.05) is 33.4 Å². The summed E-state index contributed by atoms with van der Waals surface area (Å²) in [6, 6.07) is 17.5. The van der Waals surface area contributed by atoms with E-state index < -0.39 is 5.54 Å². The third-order valence-electron chi connectivity index (χ3n) is 7.35. The number of rotatable bonds is 11. The number of methoxy groups -OCH3 is 1. The molecule has 0 atom stereocenters. The van der Waals surface area contributed by atoms with Crippen LogP contribution in [0.15, 0.2) is 54.6 Å². The van der Waals surface area contributed by atoms with Gasteiger partial charge >= 0.3 is 12.0 Å². The van der Waals surface area contributed by atoms with Gasteiger partial charge in [0, 0.05) is 32.6 Å². The largest absolute Gasteiger partial charge is 0.497 e. The second kappa shape index (κ2) is 12.2. The van der Waals surface area contributed by atoms with Crippen molar-refractivity contribution in [2.45, 2.75) is 57.7 Å². The molecule has 0 radical (unpaired) electrons. The molecular weight excluding hydrogens is 470 g/mol. The zero-order valence-corrected chi connectivity index (χ0v) is 21.9. The molecule has 2 aromatic rings. The first-order chi connectivity index (χ1) is 18.0. The fraction of sp³-hybridized carbons (Fsp3) is 0.483. The minimum atomic E-state index is -0.840. The van der Waals surface area contributed by atoms with Crippen LogP contribution >= 0.6 is 0 Å². The number of carbonyl (C=O) groups excluding carboxylic acids is 3. The van der Waals surface area contributed by atoms with E-state index in [0.717, 1.165) is 25.2 Å². The maximum atomic E-state index is 13.9. The molecule has 3 amide bonds. The Bertz CT molecular complexity index is 1080. The average molecular weight is 508 g/mol. The Labute approximate surface area is 219 Å². The number of likely N-dealkylation sites (tertiary alicyclic amines) is 1. The van der Waals surface area contributed by atoms with E-state index in [2.05, 4.69) is 17.0 Å². The Morgan fingerprint density at radius 1 is 0.946 bits per heavy atom. The Kier molecular flexibility index (Phi) is 8.82. The van der Waals surface area contributed by atoms with Gasteiger partial charge in [-0.1, -0.05) is 42.5 Å². The zero-order chi connectivity index (χ0) is 26.3. The molecule has 2 saturated heterocycles. The third-order valence-corrected chi connectivity index (χ3v) is 7.35. The second-order valence-electron chi connectivity index (χ2n) is 9.73. The molecule has 0 aromatic heterocycles. The van der Waals surface area contributed by atoms with Crippen LogP contribution in [0.5, 0.6) is 5.75 Å². The van der Waals surface area contributed by atoms with Crippen LogP contribution in [0, 0.1) is 0 Å². The summed E-state index contributed by atoms with van der Waals surface area (Å²) in [5, 5.41) is 0. The van der Waals surface area contributed by atoms with Gasteiger partial charge in [-0.25, -0.2) is 4.79 Å². The van der Waals surface area contributed by atoms with Crippen molar-refractivity contribution in [3.63, 3.8) is 0 Å². The molecule has 198 valence electrons. The van der Waals surface area contributed by atoms with Gasteiger partial charge in [0.2, 0.25) is 0 Å². The van der Waals surface area contributed by atoms with Gasteiger partial charge in [-0.05, 0) is 55.9 Å². The molecular formula is C29H37N3O5. The Morgan fingerprint density at radius 2 is 1.68 bits per heavy atom. The maximum Gasteiger partial charge on any atom is 0.327 e. The van der Waals surface area contributed by atoms with E-state index in [1.807, 2.05) is 42.5 Å². The molecule has 8 nitrogen and oxygen atoms in total. The molecule has 0 N–H and O–H groups in total. The lowest BCUT2D eigenvalue weighted by Gasteiger charge is -2.42. The second-order valence-corrected chi connectivity index (χ2v) is 9.73. The molecule has 37 heavy (non-hydrogen) atoms. The van der Waals surface area contributed by atoms with Crippen LogP contribution in [0.4, 0.5) is 4.79 Å². The van der Waals surface area contributed by atoms with Crippen molar-refractivity contribution >= 4 is 17.9 Å². The normalized spacial score (nSPS) is 17.5. The van der Waals surface area contributed by atoms with Crippen LogP contribution in [0.25, 0.3) is 0 Å².